The summed E-state index contributed by atoms with van der Waals surface area (Å²) in [5, 5.41) is 0.464. The van der Waals surface area contributed by atoms with Crippen molar-refractivity contribution in [3.8, 4) is 5.75 Å². The van der Waals surface area contributed by atoms with Gasteiger partial charge >= 0.3 is 0 Å². The van der Waals surface area contributed by atoms with Crippen LogP contribution in [0.5, 0.6) is 5.75 Å². The molecule has 0 spiro atoms. The Morgan fingerprint density at radius 2 is 1.81 bits per heavy atom. The molecule has 0 bridgehead atoms. The largest absolute Gasteiger partial charge is 0.491 e. The molecular formula is C16H18ClFN2O. The third-order valence-electron chi connectivity index (χ3n) is 3.02. The van der Waals surface area contributed by atoms with Crippen LogP contribution in [0.2, 0.25) is 5.02 Å². The van der Waals surface area contributed by atoms with E-state index in [9.17, 15) is 4.39 Å². The third kappa shape index (κ3) is 3.94. The molecule has 0 saturated heterocycles. The number of benzene rings is 2. The van der Waals surface area contributed by atoms with Crippen molar-refractivity contribution in [1.29, 1.82) is 0 Å². The van der Waals surface area contributed by atoms with Crippen LogP contribution in [0.3, 0.4) is 0 Å². The topological polar surface area (TPSA) is 47.3 Å². The molecule has 2 aromatic carbocycles. The van der Waals surface area contributed by atoms with Crippen LogP contribution in [0, 0.1) is 5.82 Å². The number of halogens is 2. The predicted octanol–water partition coefficient (Wildman–Crippen LogP) is 3.82. The minimum Gasteiger partial charge on any atom is -0.491 e. The van der Waals surface area contributed by atoms with Crippen molar-refractivity contribution in [2.24, 2.45) is 5.84 Å². The average molecular weight is 309 g/mol. The van der Waals surface area contributed by atoms with Gasteiger partial charge in [0.1, 0.15) is 11.6 Å². The van der Waals surface area contributed by atoms with E-state index in [4.69, 9.17) is 22.2 Å². The number of hydrazine groups is 1. The van der Waals surface area contributed by atoms with Crippen molar-refractivity contribution in [1.82, 2.24) is 5.43 Å². The summed E-state index contributed by atoms with van der Waals surface area (Å²) in [5.41, 5.74) is 3.86. The van der Waals surface area contributed by atoms with Gasteiger partial charge in [0.15, 0.2) is 0 Å². The first-order valence-electron chi connectivity index (χ1n) is 6.69. The van der Waals surface area contributed by atoms with Crippen molar-refractivity contribution in [2.45, 2.75) is 26.0 Å². The van der Waals surface area contributed by atoms with Gasteiger partial charge in [0, 0.05) is 10.6 Å². The first-order chi connectivity index (χ1) is 10.0. The van der Waals surface area contributed by atoms with E-state index in [1.165, 1.54) is 12.1 Å². The van der Waals surface area contributed by atoms with Gasteiger partial charge < -0.3 is 4.74 Å². The fourth-order valence-electron chi connectivity index (χ4n) is 2.11. The highest BCUT2D eigenvalue weighted by atomic mass is 35.5. The highest BCUT2D eigenvalue weighted by molar-refractivity contribution is 6.30. The van der Waals surface area contributed by atoms with Gasteiger partial charge in [-0.2, -0.15) is 0 Å². The number of rotatable bonds is 5. The maximum atomic E-state index is 14.0. The van der Waals surface area contributed by atoms with Gasteiger partial charge in [-0.25, -0.2) is 9.82 Å². The standard InChI is InChI=1S/C16H18ClFN2O/c1-10(2)21-13-6-3-11(4-7-13)16(20-19)14-9-12(17)5-8-15(14)18/h3-10,16,20H,19H2,1-2H3. The van der Waals surface area contributed by atoms with Gasteiger partial charge in [0.2, 0.25) is 0 Å². The molecule has 5 heteroatoms. The fourth-order valence-corrected chi connectivity index (χ4v) is 2.29. The lowest BCUT2D eigenvalue weighted by molar-refractivity contribution is 0.242. The molecule has 112 valence electrons. The Morgan fingerprint density at radius 1 is 1.14 bits per heavy atom. The molecule has 0 fully saturated rings. The van der Waals surface area contributed by atoms with E-state index in [2.05, 4.69) is 5.43 Å². The zero-order chi connectivity index (χ0) is 15.4. The van der Waals surface area contributed by atoms with Gasteiger partial charge in [0.25, 0.3) is 0 Å². The molecule has 3 N–H and O–H groups in total. The minimum atomic E-state index is -0.475. The van der Waals surface area contributed by atoms with Gasteiger partial charge in [0.05, 0.1) is 12.1 Å². The second-order valence-corrected chi connectivity index (χ2v) is 5.44. The van der Waals surface area contributed by atoms with Crippen LogP contribution < -0.4 is 16.0 Å². The Hall–Kier alpha value is -1.62. The predicted molar refractivity (Wildman–Crippen MR) is 82.8 cm³/mol. The summed E-state index contributed by atoms with van der Waals surface area (Å²) in [7, 11) is 0. The van der Waals surface area contributed by atoms with E-state index in [0.29, 0.717) is 10.6 Å². The van der Waals surface area contributed by atoms with Crippen LogP contribution in [0.25, 0.3) is 0 Å². The van der Waals surface area contributed by atoms with Crippen molar-refractivity contribution in [2.75, 3.05) is 0 Å². The molecule has 0 heterocycles. The van der Waals surface area contributed by atoms with Crippen molar-refractivity contribution < 1.29 is 9.13 Å². The fraction of sp³-hybridized carbons (Fsp3) is 0.250. The lowest BCUT2D eigenvalue weighted by Gasteiger charge is -2.18. The highest BCUT2D eigenvalue weighted by Gasteiger charge is 2.17. The van der Waals surface area contributed by atoms with E-state index < -0.39 is 6.04 Å². The van der Waals surface area contributed by atoms with Crippen molar-refractivity contribution in [3.05, 3.63) is 64.4 Å². The SMILES string of the molecule is CC(C)Oc1ccc(C(NN)c2cc(Cl)ccc2F)cc1. The molecular weight excluding hydrogens is 291 g/mol. The Labute approximate surface area is 128 Å². The Morgan fingerprint density at radius 3 is 2.38 bits per heavy atom. The number of nitrogens with one attached hydrogen (secondary N) is 1. The second kappa shape index (κ2) is 6.89. The first kappa shape index (κ1) is 15.8. The third-order valence-corrected chi connectivity index (χ3v) is 3.26. The molecule has 0 radical (unpaired) electrons. The summed E-state index contributed by atoms with van der Waals surface area (Å²) in [6.07, 6.45) is 0.102. The van der Waals surface area contributed by atoms with Crippen molar-refractivity contribution >= 4 is 11.6 Å². The number of hydrogen-bond acceptors (Lipinski definition) is 3. The molecule has 21 heavy (non-hydrogen) atoms. The van der Waals surface area contributed by atoms with Crippen LogP contribution in [0.1, 0.15) is 31.0 Å². The van der Waals surface area contributed by atoms with Gasteiger partial charge in [-0.05, 0) is 49.7 Å². The van der Waals surface area contributed by atoms with Gasteiger partial charge in [-0.15, -0.1) is 0 Å². The lowest BCUT2D eigenvalue weighted by Crippen LogP contribution is -2.29. The normalized spacial score (nSPS) is 12.5. The summed E-state index contributed by atoms with van der Waals surface area (Å²) in [4.78, 5) is 0. The van der Waals surface area contributed by atoms with Crippen LogP contribution in [-0.4, -0.2) is 6.10 Å². The van der Waals surface area contributed by atoms with Crippen molar-refractivity contribution in [3.63, 3.8) is 0 Å². The lowest BCUT2D eigenvalue weighted by atomic mass is 9.99. The molecule has 2 rings (SSSR count). The maximum Gasteiger partial charge on any atom is 0.128 e. The van der Waals surface area contributed by atoms with E-state index in [0.717, 1.165) is 11.3 Å². The molecule has 2 aromatic rings. The smallest absolute Gasteiger partial charge is 0.128 e. The molecule has 0 aromatic heterocycles. The Balaban J connectivity index is 2.31. The van der Waals surface area contributed by atoms with E-state index >= 15 is 0 Å². The van der Waals surface area contributed by atoms with Crippen LogP contribution >= 0.6 is 11.6 Å². The summed E-state index contributed by atoms with van der Waals surface area (Å²) in [6, 6.07) is 11.3. The molecule has 3 nitrogen and oxygen atoms in total. The summed E-state index contributed by atoms with van der Waals surface area (Å²) in [5.74, 6) is 5.99. The molecule has 1 atom stereocenters. The van der Waals surface area contributed by atoms with E-state index in [-0.39, 0.29) is 11.9 Å². The van der Waals surface area contributed by atoms with E-state index in [1.807, 2.05) is 38.1 Å². The molecule has 0 saturated carbocycles. The minimum absolute atomic E-state index is 0.102. The molecule has 0 amide bonds. The molecule has 0 aliphatic heterocycles. The van der Waals surface area contributed by atoms with Crippen LogP contribution in [-0.2, 0) is 0 Å². The quantitative estimate of drug-likeness (QED) is 0.652. The molecule has 0 aliphatic rings. The van der Waals surface area contributed by atoms with E-state index in [1.54, 1.807) is 6.07 Å². The Kier molecular flexibility index (Phi) is 5.17. The van der Waals surface area contributed by atoms with Gasteiger partial charge in [-0.3, -0.25) is 5.84 Å². The summed E-state index contributed by atoms with van der Waals surface area (Å²) in [6.45, 7) is 3.92. The number of ether oxygens (including phenoxy) is 1. The highest BCUT2D eigenvalue weighted by Crippen LogP contribution is 2.27. The van der Waals surface area contributed by atoms with Gasteiger partial charge in [-0.1, -0.05) is 23.7 Å². The second-order valence-electron chi connectivity index (χ2n) is 5.00. The summed E-state index contributed by atoms with van der Waals surface area (Å²) >= 11 is 5.93. The first-order valence-corrected chi connectivity index (χ1v) is 7.06. The Bertz CT molecular complexity index is 602. The van der Waals surface area contributed by atoms with Crippen LogP contribution in [0.4, 0.5) is 4.39 Å². The molecule has 1 unspecified atom stereocenters. The molecule has 0 aliphatic carbocycles. The number of hydrogen-bond donors (Lipinski definition) is 2. The monoisotopic (exact) mass is 308 g/mol. The average Bonchev–Trinajstić information content (AvgIpc) is 2.44. The number of nitrogens with two attached hydrogens (primary N) is 1. The zero-order valence-corrected chi connectivity index (χ0v) is 12.7. The zero-order valence-electron chi connectivity index (χ0n) is 11.9. The van der Waals surface area contributed by atoms with Crippen LogP contribution in [0.15, 0.2) is 42.5 Å². The summed E-state index contributed by atoms with van der Waals surface area (Å²) < 4.78 is 19.5. The maximum absolute atomic E-state index is 14.0.